The Bertz CT molecular complexity index is 2090. The van der Waals surface area contributed by atoms with Gasteiger partial charge in [-0.3, -0.25) is 9.59 Å². The Balaban J connectivity index is 1.28. The van der Waals surface area contributed by atoms with E-state index in [1.165, 1.54) is 46.9 Å². The second-order valence-corrected chi connectivity index (χ2v) is 13.6. The summed E-state index contributed by atoms with van der Waals surface area (Å²) in [6, 6.07) is 25.6. The summed E-state index contributed by atoms with van der Waals surface area (Å²) in [6.45, 7) is 10.1. The first-order chi connectivity index (χ1) is 23.6. The lowest BCUT2D eigenvalue weighted by molar-refractivity contribution is -0.436. The van der Waals surface area contributed by atoms with E-state index >= 15 is 0 Å². The van der Waals surface area contributed by atoms with Gasteiger partial charge in [-0.05, 0) is 59.2 Å². The summed E-state index contributed by atoms with van der Waals surface area (Å²) in [7, 11) is 2.87. The maximum atomic E-state index is 12.2. The average molecular weight is 654 g/mol. The minimum Gasteiger partial charge on any atom is -0.469 e. The second kappa shape index (κ2) is 13.7. The third kappa shape index (κ3) is 6.24. The highest BCUT2D eigenvalue weighted by Gasteiger charge is 2.45. The number of methoxy groups -OCH3 is 2. The predicted octanol–water partition coefficient (Wildman–Crippen LogP) is 8.85. The molecule has 0 unspecified atom stereocenters. The van der Waals surface area contributed by atoms with Gasteiger partial charge in [0.05, 0.1) is 26.1 Å². The van der Waals surface area contributed by atoms with Gasteiger partial charge in [-0.25, -0.2) is 0 Å². The molecule has 2 aliphatic heterocycles. The van der Waals surface area contributed by atoms with Gasteiger partial charge in [0.15, 0.2) is 12.3 Å². The molecule has 49 heavy (non-hydrogen) atoms. The zero-order chi connectivity index (χ0) is 34.8. The maximum Gasteiger partial charge on any atom is 0.311 e. The number of hydrogen-bond donors (Lipinski definition) is 0. The van der Waals surface area contributed by atoms with E-state index in [2.05, 4.69) is 134 Å². The van der Waals surface area contributed by atoms with Gasteiger partial charge in [0.2, 0.25) is 5.69 Å². The summed E-state index contributed by atoms with van der Waals surface area (Å²) in [4.78, 5) is 26.6. The fraction of sp³-hybridized carbons (Fsp3) is 0.279. The number of benzene rings is 4. The van der Waals surface area contributed by atoms with Crippen LogP contribution in [0.5, 0.6) is 0 Å². The first-order valence-electron chi connectivity index (χ1n) is 16.9. The topological polar surface area (TPSA) is 58.8 Å². The molecule has 4 aromatic rings. The van der Waals surface area contributed by atoms with Crippen molar-refractivity contribution in [2.24, 2.45) is 0 Å². The molecular formula is C43H45N2O4+. The number of ether oxygens (including phenoxy) is 2. The molecule has 0 N–H and O–H groups in total. The van der Waals surface area contributed by atoms with Crippen LogP contribution in [0.15, 0.2) is 121 Å². The normalized spacial score (nSPS) is 17.3. The number of fused-ring (bicyclic) bond motifs is 6. The first-order valence-corrected chi connectivity index (χ1v) is 16.9. The summed E-state index contributed by atoms with van der Waals surface area (Å²) < 4.78 is 12.2. The molecule has 0 aliphatic carbocycles. The fourth-order valence-corrected chi connectivity index (χ4v) is 7.65. The Labute approximate surface area is 289 Å². The number of rotatable bonds is 10. The molecule has 0 aromatic heterocycles. The smallest absolute Gasteiger partial charge is 0.311 e. The van der Waals surface area contributed by atoms with E-state index < -0.39 is 0 Å². The lowest BCUT2D eigenvalue weighted by Crippen LogP contribution is -2.28. The number of esters is 2. The number of carbonyl (C=O) groups excluding carboxylic acids is 2. The van der Waals surface area contributed by atoms with Crippen LogP contribution in [0.3, 0.4) is 0 Å². The Hall–Kier alpha value is -5.23. The summed E-state index contributed by atoms with van der Waals surface area (Å²) in [5, 5.41) is 4.87. The average Bonchev–Trinajstić information content (AvgIpc) is 3.47. The van der Waals surface area contributed by atoms with Crippen molar-refractivity contribution in [1.82, 2.24) is 0 Å². The molecule has 0 bridgehead atoms. The Kier molecular flexibility index (Phi) is 9.42. The minimum absolute atomic E-state index is 0.222. The molecule has 0 radical (unpaired) electrons. The van der Waals surface area contributed by atoms with Crippen molar-refractivity contribution in [2.75, 3.05) is 32.2 Å². The molecule has 2 heterocycles. The third-order valence-corrected chi connectivity index (χ3v) is 9.99. The van der Waals surface area contributed by atoms with Crippen LogP contribution in [0.25, 0.3) is 21.5 Å². The Morgan fingerprint density at radius 2 is 1.29 bits per heavy atom. The molecule has 6 rings (SSSR count). The Morgan fingerprint density at radius 3 is 1.98 bits per heavy atom. The maximum absolute atomic E-state index is 12.2. The number of nitrogens with zero attached hydrogens (tertiary/aromatic N) is 2. The fourth-order valence-electron chi connectivity index (χ4n) is 7.65. The summed E-state index contributed by atoms with van der Waals surface area (Å²) in [5.41, 5.74) is 6.55. The largest absolute Gasteiger partial charge is 0.469 e. The van der Waals surface area contributed by atoms with Crippen LogP contribution in [0.4, 0.5) is 11.4 Å². The van der Waals surface area contributed by atoms with Crippen molar-refractivity contribution in [3.63, 3.8) is 0 Å². The number of hydrogen-bond acceptors (Lipinski definition) is 5. The van der Waals surface area contributed by atoms with E-state index in [1.54, 1.807) is 0 Å². The van der Waals surface area contributed by atoms with Crippen molar-refractivity contribution in [2.45, 2.75) is 51.4 Å². The van der Waals surface area contributed by atoms with E-state index in [1.807, 2.05) is 18.2 Å². The molecule has 2 aliphatic rings. The molecule has 0 atom stereocenters. The zero-order valence-corrected chi connectivity index (χ0v) is 29.3. The van der Waals surface area contributed by atoms with E-state index in [0.29, 0.717) is 25.9 Å². The summed E-state index contributed by atoms with van der Waals surface area (Å²) in [5.74, 6) is -0.444. The van der Waals surface area contributed by atoms with Crippen molar-refractivity contribution in [3.8, 4) is 0 Å². The molecule has 0 saturated carbocycles. The van der Waals surface area contributed by atoms with E-state index in [4.69, 9.17) is 9.47 Å². The highest BCUT2D eigenvalue weighted by atomic mass is 16.5. The zero-order valence-electron chi connectivity index (χ0n) is 29.3. The lowest BCUT2D eigenvalue weighted by Gasteiger charge is -2.26. The molecular weight excluding hydrogens is 608 g/mol. The van der Waals surface area contributed by atoms with Crippen LogP contribution < -0.4 is 4.90 Å². The van der Waals surface area contributed by atoms with Gasteiger partial charge in [-0.1, -0.05) is 98.8 Å². The highest BCUT2D eigenvalue weighted by molar-refractivity contribution is 6.07. The lowest BCUT2D eigenvalue weighted by atomic mass is 9.79. The van der Waals surface area contributed by atoms with Crippen LogP contribution >= 0.6 is 0 Å². The van der Waals surface area contributed by atoms with Crippen molar-refractivity contribution in [3.05, 3.63) is 132 Å². The first kappa shape index (κ1) is 33.7. The van der Waals surface area contributed by atoms with Crippen molar-refractivity contribution >= 4 is 50.6 Å². The van der Waals surface area contributed by atoms with Crippen molar-refractivity contribution in [1.29, 1.82) is 0 Å². The van der Waals surface area contributed by atoms with Crippen LogP contribution in [0.2, 0.25) is 0 Å². The second-order valence-electron chi connectivity index (χ2n) is 13.6. The van der Waals surface area contributed by atoms with Gasteiger partial charge >= 0.3 is 11.9 Å². The van der Waals surface area contributed by atoms with Crippen LogP contribution in [-0.4, -0.2) is 49.5 Å². The quantitative estimate of drug-likeness (QED) is 0.0973. The molecule has 0 amide bonds. The van der Waals surface area contributed by atoms with E-state index in [-0.39, 0.29) is 22.8 Å². The van der Waals surface area contributed by atoms with E-state index in [0.717, 1.165) is 22.8 Å². The van der Waals surface area contributed by atoms with Crippen molar-refractivity contribution < 1.29 is 23.6 Å². The van der Waals surface area contributed by atoms with Crippen LogP contribution in [0.1, 0.15) is 51.7 Å². The minimum atomic E-state index is -0.266. The van der Waals surface area contributed by atoms with Gasteiger partial charge in [-0.2, -0.15) is 4.58 Å². The molecule has 0 saturated heterocycles. The standard InChI is InChI=1S/C43H45N2O4/c1-42(2)36(44(28-26-38(46)48-5)34-24-22-30-16-12-14-18-32(30)40(34)42)20-10-8-7-9-11-21-37-43(3,4)41-33-19-15-13-17-31(33)23-25-35(41)45(37)29-27-39(47)49-6/h7-25H,26-29H2,1-6H3/q+1. The number of allylic oxidation sites excluding steroid dienone is 8. The molecule has 0 spiro atoms. The molecule has 6 nitrogen and oxygen atoms in total. The monoisotopic (exact) mass is 653 g/mol. The predicted molar refractivity (Wildman–Crippen MR) is 200 cm³/mol. The van der Waals surface area contributed by atoms with Gasteiger partial charge in [-0.15, -0.1) is 0 Å². The van der Waals surface area contributed by atoms with Gasteiger partial charge in [0.1, 0.15) is 6.42 Å². The SMILES string of the molecule is COC(=O)CCN1/C(=C/C=C/C=C/C=C/C2=[N+](CCC(=O)OC)c3ccc4ccccc4c3C2(C)C)C(C)(C)c2c1ccc1ccccc21. The van der Waals surface area contributed by atoms with Crippen LogP contribution in [-0.2, 0) is 29.9 Å². The van der Waals surface area contributed by atoms with Gasteiger partial charge in [0.25, 0.3) is 0 Å². The Morgan fingerprint density at radius 1 is 0.694 bits per heavy atom. The number of anilines is 1. The third-order valence-electron chi connectivity index (χ3n) is 9.99. The van der Waals surface area contributed by atoms with Gasteiger partial charge < -0.3 is 14.4 Å². The molecule has 0 fully saturated rings. The highest BCUT2D eigenvalue weighted by Crippen LogP contribution is 2.51. The number of carbonyl (C=O) groups is 2. The summed E-state index contributed by atoms with van der Waals surface area (Å²) >= 11 is 0. The van der Waals surface area contributed by atoms with Crippen LogP contribution in [0, 0.1) is 0 Å². The molecule has 250 valence electrons. The molecule has 6 heteroatoms. The molecule has 4 aromatic carbocycles. The van der Waals surface area contributed by atoms with E-state index in [9.17, 15) is 9.59 Å². The summed E-state index contributed by atoms with van der Waals surface area (Å²) in [6.07, 6.45) is 15.2. The van der Waals surface area contributed by atoms with Gasteiger partial charge in [0, 0.05) is 41.1 Å².